The summed E-state index contributed by atoms with van der Waals surface area (Å²) in [4.78, 5) is 37.6. The fourth-order valence-corrected chi connectivity index (χ4v) is 9.63. The predicted molar refractivity (Wildman–Crippen MR) is 292 cm³/mol. The molecule has 0 bridgehead atoms. The van der Waals surface area contributed by atoms with Crippen molar-refractivity contribution in [2.24, 2.45) is 0 Å². The van der Waals surface area contributed by atoms with Gasteiger partial charge in [0.2, 0.25) is 0 Å². The van der Waals surface area contributed by atoms with Crippen LogP contribution in [-0.4, -0.2) is 70.0 Å². The summed E-state index contributed by atoms with van der Waals surface area (Å²) in [6, 6.07) is 0. The van der Waals surface area contributed by atoms with Crippen LogP contribution in [-0.2, 0) is 32.7 Å². The largest absolute Gasteiger partial charge is 0.756 e. The van der Waals surface area contributed by atoms with E-state index in [2.05, 4.69) is 26.0 Å². The molecule has 0 aliphatic rings. The minimum atomic E-state index is -4.62. The van der Waals surface area contributed by atoms with E-state index in [1.165, 1.54) is 212 Å². The summed E-state index contributed by atoms with van der Waals surface area (Å²) in [6.45, 7) is 4.20. The van der Waals surface area contributed by atoms with Crippen molar-refractivity contribution in [3.8, 4) is 0 Å². The van der Waals surface area contributed by atoms with Gasteiger partial charge < -0.3 is 27.9 Å². The van der Waals surface area contributed by atoms with E-state index in [4.69, 9.17) is 18.5 Å². The van der Waals surface area contributed by atoms with Crippen LogP contribution in [0.1, 0.15) is 303 Å². The molecule has 0 saturated heterocycles. The Bertz CT molecular complexity index is 1180. The van der Waals surface area contributed by atoms with E-state index in [0.29, 0.717) is 17.4 Å². The first-order valence-electron chi connectivity index (χ1n) is 29.9. The Balaban J connectivity index is 3.82. The Kier molecular flexibility index (Phi) is 50.7. The first-order chi connectivity index (χ1) is 33.5. The fraction of sp³-hybridized carbons (Fsp3) is 0.932. The van der Waals surface area contributed by atoms with Gasteiger partial charge in [-0.15, -0.1) is 0 Å². The van der Waals surface area contributed by atoms with Gasteiger partial charge in [-0.1, -0.05) is 270 Å². The van der Waals surface area contributed by atoms with E-state index in [1.54, 1.807) is 0 Å². The topological polar surface area (TPSA) is 111 Å². The third-order valence-corrected chi connectivity index (χ3v) is 14.5. The number of carbonyl (C=O) groups excluding carboxylic acids is 2. The van der Waals surface area contributed by atoms with E-state index in [9.17, 15) is 19.0 Å². The van der Waals surface area contributed by atoms with E-state index in [-0.39, 0.29) is 32.0 Å². The molecule has 0 aliphatic heterocycles. The van der Waals surface area contributed by atoms with Gasteiger partial charge in [0.15, 0.2) is 6.10 Å². The third kappa shape index (κ3) is 55.9. The second kappa shape index (κ2) is 51.6. The minimum Gasteiger partial charge on any atom is -0.756 e. The van der Waals surface area contributed by atoms with Gasteiger partial charge in [0, 0.05) is 12.8 Å². The normalized spacial score (nSPS) is 13.3. The molecule has 9 nitrogen and oxygen atoms in total. The van der Waals surface area contributed by atoms with Crippen molar-refractivity contribution in [1.82, 2.24) is 0 Å². The van der Waals surface area contributed by atoms with Crippen LogP contribution in [0.4, 0.5) is 0 Å². The summed E-state index contributed by atoms with van der Waals surface area (Å²) in [6.07, 6.45) is 60.3. The molecule has 0 radical (unpaired) electrons. The van der Waals surface area contributed by atoms with Crippen molar-refractivity contribution in [1.29, 1.82) is 0 Å². The highest BCUT2D eigenvalue weighted by Gasteiger charge is 2.22. The number of hydrogen-bond acceptors (Lipinski definition) is 8. The number of phosphoric acid groups is 1. The number of phosphoric ester groups is 1. The molecule has 0 N–H and O–H groups in total. The van der Waals surface area contributed by atoms with Crippen LogP contribution in [0.3, 0.4) is 0 Å². The molecule has 0 rings (SSSR count). The lowest BCUT2D eigenvalue weighted by molar-refractivity contribution is -0.870. The molecular formula is C59H116NO8P. The second-order valence-electron chi connectivity index (χ2n) is 21.7. The van der Waals surface area contributed by atoms with Crippen LogP contribution >= 0.6 is 7.82 Å². The SMILES string of the molecule is CCC/C=C\CCCCCCCC(=O)OC(COC(=O)CCCCCCCCCCCCCCCCCCCCCCCCCCCCCCCCCCCCC)COP(=O)([O-])OCC[N+](C)(C)C. The molecule has 10 heteroatoms. The first kappa shape index (κ1) is 67.8. The third-order valence-electron chi connectivity index (χ3n) is 13.5. The van der Waals surface area contributed by atoms with Crippen molar-refractivity contribution in [2.45, 2.75) is 309 Å². The standard InChI is InChI=1S/C59H116NO8P/c1-6-8-10-12-14-16-18-19-20-21-22-23-24-25-26-27-28-29-30-31-32-33-34-35-36-37-38-39-40-41-42-44-45-47-49-51-58(61)65-55-57(56-67-69(63,64)66-54-53-60(3,4)5)68-59(62)52-50-48-46-43-17-15-13-11-9-7-2/h11,13,57H,6-10,12,14-56H2,1-5H3/b13-11-. The molecule has 0 aliphatic carbocycles. The highest BCUT2D eigenvalue weighted by Crippen LogP contribution is 2.38. The summed E-state index contributed by atoms with van der Waals surface area (Å²) in [5.41, 5.74) is 0. The molecule has 2 atom stereocenters. The molecule has 0 aromatic heterocycles. The van der Waals surface area contributed by atoms with Gasteiger partial charge in [-0.05, 0) is 32.1 Å². The summed E-state index contributed by atoms with van der Waals surface area (Å²) in [7, 11) is 1.17. The maximum atomic E-state index is 12.7. The van der Waals surface area contributed by atoms with Crippen LogP contribution in [0.15, 0.2) is 12.2 Å². The Labute approximate surface area is 428 Å². The zero-order valence-electron chi connectivity index (χ0n) is 46.5. The Morgan fingerprint density at radius 3 is 1.13 bits per heavy atom. The van der Waals surface area contributed by atoms with Gasteiger partial charge in [0.05, 0.1) is 27.7 Å². The lowest BCUT2D eigenvalue weighted by atomic mass is 10.0. The monoisotopic (exact) mass is 998 g/mol. The minimum absolute atomic E-state index is 0.0293. The smallest absolute Gasteiger partial charge is 0.306 e. The second-order valence-corrected chi connectivity index (χ2v) is 23.1. The fourth-order valence-electron chi connectivity index (χ4n) is 8.90. The summed E-state index contributed by atoms with van der Waals surface area (Å²) in [5.74, 6) is -0.832. The summed E-state index contributed by atoms with van der Waals surface area (Å²) in [5, 5.41) is 0. The first-order valence-corrected chi connectivity index (χ1v) is 31.4. The number of likely N-dealkylation sites (N-methyl/N-ethyl adjacent to an activating group) is 1. The maximum absolute atomic E-state index is 12.7. The van der Waals surface area contributed by atoms with Crippen molar-refractivity contribution >= 4 is 19.8 Å². The zero-order valence-corrected chi connectivity index (χ0v) is 47.4. The van der Waals surface area contributed by atoms with Crippen LogP contribution in [0.25, 0.3) is 0 Å². The van der Waals surface area contributed by atoms with Gasteiger partial charge in [-0.2, -0.15) is 0 Å². The number of hydrogen-bond donors (Lipinski definition) is 0. The quantitative estimate of drug-likeness (QED) is 0.0195. The van der Waals surface area contributed by atoms with Crippen LogP contribution < -0.4 is 4.89 Å². The van der Waals surface area contributed by atoms with Crippen LogP contribution in [0.5, 0.6) is 0 Å². The molecule has 0 aromatic carbocycles. The molecule has 0 heterocycles. The number of esters is 2. The molecule has 0 fully saturated rings. The van der Waals surface area contributed by atoms with E-state index >= 15 is 0 Å². The van der Waals surface area contributed by atoms with Crippen molar-refractivity contribution in [2.75, 3.05) is 47.5 Å². The van der Waals surface area contributed by atoms with Gasteiger partial charge in [0.1, 0.15) is 19.8 Å². The number of nitrogens with zero attached hydrogens (tertiary/aromatic N) is 1. The van der Waals surface area contributed by atoms with Gasteiger partial charge in [0.25, 0.3) is 7.82 Å². The molecule has 410 valence electrons. The Morgan fingerprint density at radius 2 is 0.768 bits per heavy atom. The predicted octanol–water partition coefficient (Wildman–Crippen LogP) is 17.8. The van der Waals surface area contributed by atoms with Crippen molar-refractivity contribution in [3.05, 3.63) is 12.2 Å². The molecule has 0 saturated carbocycles. The average Bonchev–Trinajstić information content (AvgIpc) is 3.31. The number of quaternary nitrogens is 1. The highest BCUT2D eigenvalue weighted by atomic mass is 31.2. The molecule has 0 aromatic rings. The van der Waals surface area contributed by atoms with E-state index in [0.717, 1.165) is 57.8 Å². The molecule has 0 amide bonds. The lowest BCUT2D eigenvalue weighted by Crippen LogP contribution is -2.37. The van der Waals surface area contributed by atoms with E-state index < -0.39 is 26.5 Å². The highest BCUT2D eigenvalue weighted by molar-refractivity contribution is 7.45. The summed E-state index contributed by atoms with van der Waals surface area (Å²) >= 11 is 0. The molecular weight excluding hydrogens is 882 g/mol. The number of unbranched alkanes of at least 4 members (excludes halogenated alkanes) is 40. The lowest BCUT2D eigenvalue weighted by Gasteiger charge is -2.28. The van der Waals surface area contributed by atoms with Gasteiger partial charge in [-0.3, -0.25) is 14.2 Å². The molecule has 69 heavy (non-hydrogen) atoms. The van der Waals surface area contributed by atoms with Crippen LogP contribution in [0, 0.1) is 0 Å². The Hall–Kier alpha value is -1.25. The zero-order chi connectivity index (χ0) is 50.6. The molecule has 0 spiro atoms. The van der Waals surface area contributed by atoms with Crippen molar-refractivity contribution in [3.63, 3.8) is 0 Å². The van der Waals surface area contributed by atoms with Crippen LogP contribution in [0.2, 0.25) is 0 Å². The molecule has 2 unspecified atom stereocenters. The number of allylic oxidation sites excluding steroid dienone is 2. The van der Waals surface area contributed by atoms with E-state index in [1.807, 2.05) is 21.1 Å². The van der Waals surface area contributed by atoms with Crippen molar-refractivity contribution < 1.29 is 42.1 Å². The number of carbonyl (C=O) groups is 2. The number of rotatable bonds is 56. The number of ether oxygens (including phenoxy) is 2. The maximum Gasteiger partial charge on any atom is 0.306 e. The Morgan fingerprint density at radius 1 is 0.435 bits per heavy atom. The summed E-state index contributed by atoms with van der Waals surface area (Å²) < 4.78 is 34.0. The van der Waals surface area contributed by atoms with Gasteiger partial charge in [-0.25, -0.2) is 0 Å². The van der Waals surface area contributed by atoms with Gasteiger partial charge >= 0.3 is 11.9 Å². The average molecular weight is 999 g/mol.